The van der Waals surface area contributed by atoms with E-state index in [1.807, 2.05) is 30.3 Å². The van der Waals surface area contributed by atoms with Crippen LogP contribution in [0.4, 0.5) is 5.69 Å². The molecular weight excluding hydrogens is 412 g/mol. The van der Waals surface area contributed by atoms with Crippen LogP contribution in [0.1, 0.15) is 18.4 Å². The first-order valence-corrected chi connectivity index (χ1v) is 11.1. The molecule has 0 radical (unpaired) electrons. The first-order chi connectivity index (χ1) is 15.0. The molecule has 4 aliphatic rings. The zero-order valence-electron chi connectivity index (χ0n) is 16.9. The molecular formula is C25H23ClN2O3. The largest absolute Gasteiger partial charge is 0.324 e. The van der Waals surface area contributed by atoms with Gasteiger partial charge in [-0.15, -0.1) is 0 Å². The lowest BCUT2D eigenvalue weighted by molar-refractivity contribution is -0.146. The van der Waals surface area contributed by atoms with E-state index < -0.39 is 6.04 Å². The summed E-state index contributed by atoms with van der Waals surface area (Å²) in [6.45, 7) is 0. The Morgan fingerprint density at radius 2 is 1.52 bits per heavy atom. The minimum Gasteiger partial charge on any atom is -0.324 e. The SMILES string of the molecule is O=C(Nc1ccc(Cl)cc1)[C@H](Cc1ccccc1)N1C(=O)[C@H]2[C@H](C1=O)[C@H]1C=C[C@H]2CC1. The number of halogens is 1. The van der Waals surface area contributed by atoms with Crippen LogP contribution in [0.2, 0.25) is 5.02 Å². The van der Waals surface area contributed by atoms with Gasteiger partial charge in [0.25, 0.3) is 0 Å². The van der Waals surface area contributed by atoms with Crippen LogP contribution in [0.3, 0.4) is 0 Å². The molecule has 0 unspecified atom stereocenters. The summed E-state index contributed by atoms with van der Waals surface area (Å²) in [6, 6.07) is 15.4. The Hall–Kier alpha value is -2.92. The summed E-state index contributed by atoms with van der Waals surface area (Å²) in [7, 11) is 0. The maximum Gasteiger partial charge on any atom is 0.248 e. The van der Waals surface area contributed by atoms with Gasteiger partial charge in [-0.05, 0) is 54.5 Å². The van der Waals surface area contributed by atoms with Crippen molar-refractivity contribution in [1.29, 1.82) is 0 Å². The number of allylic oxidation sites excluding steroid dienone is 2. The normalized spacial score (nSPS) is 27.3. The molecule has 5 atom stereocenters. The number of likely N-dealkylation sites (tertiary alicyclic amines) is 1. The molecule has 1 heterocycles. The zero-order chi connectivity index (χ0) is 21.5. The molecule has 0 spiro atoms. The molecule has 5 nitrogen and oxygen atoms in total. The molecule has 2 aromatic rings. The number of nitrogens with one attached hydrogen (secondary N) is 1. The molecule has 1 saturated heterocycles. The minimum atomic E-state index is -0.900. The molecule has 3 amide bonds. The lowest BCUT2D eigenvalue weighted by Gasteiger charge is -2.38. The standard InChI is InChI=1S/C25H23ClN2O3/c26-18-10-12-19(13-11-18)27-23(29)20(14-15-4-2-1-3-5-15)28-24(30)21-16-6-7-17(9-8-16)22(21)25(28)31/h1-7,10-13,16-17,20-22H,8-9,14H2,(H,27,29)/t16-,17-,20-,21+,22+/m0/s1. The Morgan fingerprint density at radius 1 is 0.935 bits per heavy atom. The van der Waals surface area contributed by atoms with E-state index in [0.717, 1.165) is 18.4 Å². The van der Waals surface area contributed by atoms with E-state index in [4.69, 9.17) is 11.6 Å². The van der Waals surface area contributed by atoms with Gasteiger partial charge in [0.15, 0.2) is 0 Å². The number of benzene rings is 2. The zero-order valence-corrected chi connectivity index (χ0v) is 17.7. The van der Waals surface area contributed by atoms with E-state index in [0.29, 0.717) is 10.7 Å². The van der Waals surface area contributed by atoms with Crippen LogP contribution < -0.4 is 5.32 Å². The Kier molecular flexibility index (Phi) is 5.14. The first-order valence-electron chi connectivity index (χ1n) is 10.7. The summed E-state index contributed by atoms with van der Waals surface area (Å²) in [4.78, 5) is 41.5. The van der Waals surface area contributed by atoms with E-state index in [-0.39, 0.29) is 47.8 Å². The summed E-state index contributed by atoms with van der Waals surface area (Å²) >= 11 is 5.95. The number of carbonyl (C=O) groups excluding carboxylic acids is 3. The third-order valence-electron chi connectivity index (χ3n) is 6.79. The van der Waals surface area contributed by atoms with Gasteiger partial charge in [0.1, 0.15) is 6.04 Å². The van der Waals surface area contributed by atoms with Crippen molar-refractivity contribution in [2.75, 3.05) is 5.32 Å². The molecule has 1 saturated carbocycles. The molecule has 2 fully saturated rings. The molecule has 1 aliphatic heterocycles. The maximum absolute atomic E-state index is 13.4. The summed E-state index contributed by atoms with van der Waals surface area (Å²) < 4.78 is 0. The predicted octanol–water partition coefficient (Wildman–Crippen LogP) is 4.09. The lowest BCUT2D eigenvalue weighted by atomic mass is 9.63. The number of hydrogen-bond acceptors (Lipinski definition) is 3. The Bertz CT molecular complexity index is 1020. The Labute approximate surface area is 186 Å². The highest BCUT2D eigenvalue weighted by Crippen LogP contribution is 2.50. The second-order valence-electron chi connectivity index (χ2n) is 8.59. The predicted molar refractivity (Wildman–Crippen MR) is 118 cm³/mol. The number of rotatable bonds is 5. The van der Waals surface area contributed by atoms with Crippen molar-refractivity contribution in [2.24, 2.45) is 23.7 Å². The molecule has 6 rings (SSSR count). The van der Waals surface area contributed by atoms with Crippen molar-refractivity contribution in [3.05, 3.63) is 77.3 Å². The van der Waals surface area contributed by atoms with Gasteiger partial charge in [-0.1, -0.05) is 54.1 Å². The lowest BCUT2D eigenvalue weighted by Crippen LogP contribution is -2.49. The summed E-state index contributed by atoms with van der Waals surface area (Å²) in [5.41, 5.74) is 1.47. The van der Waals surface area contributed by atoms with E-state index in [9.17, 15) is 14.4 Å². The third-order valence-corrected chi connectivity index (χ3v) is 7.04. The Balaban J connectivity index is 1.46. The molecule has 1 N–H and O–H groups in total. The van der Waals surface area contributed by atoms with Gasteiger partial charge in [0, 0.05) is 17.1 Å². The van der Waals surface area contributed by atoms with Gasteiger partial charge in [-0.25, -0.2) is 0 Å². The second kappa shape index (κ2) is 7.97. The van der Waals surface area contributed by atoms with Gasteiger partial charge in [0.05, 0.1) is 11.8 Å². The van der Waals surface area contributed by atoms with E-state index in [1.54, 1.807) is 24.3 Å². The van der Waals surface area contributed by atoms with Gasteiger partial charge in [-0.2, -0.15) is 0 Å². The molecule has 2 bridgehead atoms. The van der Waals surface area contributed by atoms with Crippen LogP contribution in [-0.2, 0) is 20.8 Å². The third kappa shape index (κ3) is 3.57. The molecule has 0 aromatic heterocycles. The average molecular weight is 435 g/mol. The molecule has 6 heteroatoms. The molecule has 2 aromatic carbocycles. The van der Waals surface area contributed by atoms with Gasteiger partial charge < -0.3 is 5.32 Å². The molecule has 31 heavy (non-hydrogen) atoms. The van der Waals surface area contributed by atoms with Crippen molar-refractivity contribution in [2.45, 2.75) is 25.3 Å². The minimum absolute atomic E-state index is 0.0909. The molecule has 3 aliphatic carbocycles. The van der Waals surface area contributed by atoms with Crippen molar-refractivity contribution >= 4 is 35.0 Å². The van der Waals surface area contributed by atoms with E-state index in [1.165, 1.54) is 4.90 Å². The fraction of sp³-hybridized carbons (Fsp3) is 0.320. The number of carbonyl (C=O) groups is 3. The van der Waals surface area contributed by atoms with Gasteiger partial charge >= 0.3 is 0 Å². The average Bonchev–Trinajstić information content (AvgIpc) is 3.07. The van der Waals surface area contributed by atoms with Gasteiger partial charge in [0.2, 0.25) is 17.7 Å². The fourth-order valence-electron chi connectivity index (χ4n) is 5.30. The van der Waals surface area contributed by atoms with Crippen LogP contribution in [0.5, 0.6) is 0 Å². The quantitative estimate of drug-likeness (QED) is 0.569. The summed E-state index contributed by atoms with van der Waals surface area (Å²) in [6.07, 6.45) is 6.30. The highest BCUT2D eigenvalue weighted by Gasteiger charge is 2.58. The highest BCUT2D eigenvalue weighted by atomic mass is 35.5. The van der Waals surface area contributed by atoms with Crippen LogP contribution in [0.15, 0.2) is 66.7 Å². The molecule has 158 valence electrons. The van der Waals surface area contributed by atoms with Crippen molar-refractivity contribution in [1.82, 2.24) is 4.90 Å². The number of amides is 3. The number of hydrogen-bond donors (Lipinski definition) is 1. The van der Waals surface area contributed by atoms with Crippen molar-refractivity contribution in [3.8, 4) is 0 Å². The highest BCUT2D eigenvalue weighted by molar-refractivity contribution is 6.30. The van der Waals surface area contributed by atoms with Gasteiger partial charge in [-0.3, -0.25) is 19.3 Å². The Morgan fingerprint density at radius 3 is 2.06 bits per heavy atom. The topological polar surface area (TPSA) is 66.5 Å². The van der Waals surface area contributed by atoms with Crippen LogP contribution >= 0.6 is 11.6 Å². The van der Waals surface area contributed by atoms with Crippen LogP contribution in [-0.4, -0.2) is 28.7 Å². The second-order valence-corrected chi connectivity index (χ2v) is 9.03. The monoisotopic (exact) mass is 434 g/mol. The number of fused-ring (bicyclic) bond motifs is 1. The van der Waals surface area contributed by atoms with Crippen molar-refractivity contribution in [3.63, 3.8) is 0 Å². The number of anilines is 1. The van der Waals surface area contributed by atoms with Crippen LogP contribution in [0, 0.1) is 23.7 Å². The van der Waals surface area contributed by atoms with Crippen LogP contribution in [0.25, 0.3) is 0 Å². The number of nitrogens with zero attached hydrogens (tertiary/aromatic N) is 1. The summed E-state index contributed by atoms with van der Waals surface area (Å²) in [5, 5.41) is 3.43. The van der Waals surface area contributed by atoms with Crippen molar-refractivity contribution < 1.29 is 14.4 Å². The van der Waals surface area contributed by atoms with E-state index >= 15 is 0 Å². The fourth-order valence-corrected chi connectivity index (χ4v) is 5.43. The smallest absolute Gasteiger partial charge is 0.248 e. The summed E-state index contributed by atoms with van der Waals surface area (Å²) in [5.74, 6) is -1.27. The number of imide groups is 1. The first kappa shape index (κ1) is 20.0. The maximum atomic E-state index is 13.4. The van der Waals surface area contributed by atoms with E-state index in [2.05, 4.69) is 17.5 Å².